The second-order valence-corrected chi connectivity index (χ2v) is 4.55. The van der Waals surface area contributed by atoms with Crippen molar-refractivity contribution in [1.82, 2.24) is 0 Å². The van der Waals surface area contributed by atoms with Crippen LogP contribution < -0.4 is 5.73 Å². The van der Waals surface area contributed by atoms with Crippen LogP contribution in [0.15, 0.2) is 28.7 Å². The number of alkyl halides is 3. The maximum absolute atomic E-state index is 13.5. The van der Waals surface area contributed by atoms with Gasteiger partial charge in [0.05, 0.1) is 0 Å². The zero-order valence-corrected chi connectivity index (χ0v) is 10.5. The van der Waals surface area contributed by atoms with Gasteiger partial charge < -0.3 is 15.3 Å². The molecule has 2 unspecified atom stereocenters. The van der Waals surface area contributed by atoms with E-state index in [1.165, 1.54) is 19.1 Å². The van der Waals surface area contributed by atoms with Crippen LogP contribution in [-0.2, 0) is 5.60 Å². The first kappa shape index (κ1) is 14.8. The van der Waals surface area contributed by atoms with Gasteiger partial charge in [-0.15, -0.1) is 0 Å². The standard InChI is InChI=1S/C13H13F4NO2/c1-2-9(18)12(19,13(15,16)17)10-6-7-4-3-5-8(14)11(7)20-10/h3-6,9,19H,2,18H2,1H3. The van der Waals surface area contributed by atoms with E-state index in [1.807, 2.05) is 0 Å². The summed E-state index contributed by atoms with van der Waals surface area (Å²) < 4.78 is 57.9. The summed E-state index contributed by atoms with van der Waals surface area (Å²) in [7, 11) is 0. The highest BCUT2D eigenvalue weighted by molar-refractivity contribution is 5.78. The van der Waals surface area contributed by atoms with Crippen LogP contribution in [0.25, 0.3) is 11.0 Å². The summed E-state index contributed by atoms with van der Waals surface area (Å²) in [5.74, 6) is -1.61. The summed E-state index contributed by atoms with van der Waals surface area (Å²) in [6.45, 7) is 1.41. The third-order valence-electron chi connectivity index (χ3n) is 3.28. The van der Waals surface area contributed by atoms with Gasteiger partial charge in [0.1, 0.15) is 5.76 Å². The lowest BCUT2D eigenvalue weighted by Gasteiger charge is -2.33. The number of benzene rings is 1. The summed E-state index contributed by atoms with van der Waals surface area (Å²) >= 11 is 0. The van der Waals surface area contributed by atoms with Gasteiger partial charge in [0.25, 0.3) is 0 Å². The number of furan rings is 1. The normalized spacial score (nSPS) is 17.1. The van der Waals surface area contributed by atoms with E-state index in [0.717, 1.165) is 12.1 Å². The molecule has 0 amide bonds. The molecular formula is C13H13F4NO2. The minimum Gasteiger partial charge on any atom is -0.454 e. The highest BCUT2D eigenvalue weighted by Crippen LogP contribution is 2.43. The molecule has 3 N–H and O–H groups in total. The minimum absolute atomic E-state index is 0.129. The van der Waals surface area contributed by atoms with Crippen molar-refractivity contribution in [2.24, 2.45) is 5.73 Å². The van der Waals surface area contributed by atoms with E-state index in [9.17, 15) is 22.7 Å². The predicted octanol–water partition coefficient (Wildman–Crippen LogP) is 3.06. The number of halogens is 4. The Morgan fingerprint density at radius 3 is 2.50 bits per heavy atom. The van der Waals surface area contributed by atoms with Gasteiger partial charge in [-0.3, -0.25) is 0 Å². The molecule has 0 saturated carbocycles. The molecule has 0 saturated heterocycles. The molecule has 20 heavy (non-hydrogen) atoms. The quantitative estimate of drug-likeness (QED) is 0.854. The van der Waals surface area contributed by atoms with Crippen molar-refractivity contribution in [2.75, 3.05) is 0 Å². The van der Waals surface area contributed by atoms with E-state index >= 15 is 0 Å². The number of hydrogen-bond donors (Lipinski definition) is 2. The van der Waals surface area contributed by atoms with Crippen LogP contribution >= 0.6 is 0 Å². The first-order valence-corrected chi connectivity index (χ1v) is 5.95. The van der Waals surface area contributed by atoms with E-state index in [0.29, 0.717) is 0 Å². The molecule has 0 bridgehead atoms. The molecule has 0 spiro atoms. The third-order valence-corrected chi connectivity index (χ3v) is 3.28. The van der Waals surface area contributed by atoms with Gasteiger partial charge in [0, 0.05) is 11.4 Å². The SMILES string of the molecule is CCC(N)C(O)(c1cc2cccc(F)c2o1)C(F)(F)F. The smallest absolute Gasteiger partial charge is 0.426 e. The van der Waals surface area contributed by atoms with Gasteiger partial charge >= 0.3 is 6.18 Å². The van der Waals surface area contributed by atoms with Crippen molar-refractivity contribution in [3.63, 3.8) is 0 Å². The van der Waals surface area contributed by atoms with E-state index in [2.05, 4.69) is 0 Å². The van der Waals surface area contributed by atoms with Gasteiger partial charge in [-0.05, 0) is 18.6 Å². The molecular weight excluding hydrogens is 278 g/mol. The lowest BCUT2D eigenvalue weighted by molar-refractivity contribution is -0.280. The van der Waals surface area contributed by atoms with Crippen molar-refractivity contribution < 1.29 is 27.1 Å². The van der Waals surface area contributed by atoms with E-state index in [-0.39, 0.29) is 17.4 Å². The minimum atomic E-state index is -5.03. The first-order chi connectivity index (χ1) is 9.21. The molecule has 7 heteroatoms. The molecule has 1 heterocycles. The van der Waals surface area contributed by atoms with Crippen molar-refractivity contribution in [1.29, 1.82) is 0 Å². The molecule has 1 aromatic carbocycles. The number of nitrogens with two attached hydrogens (primary N) is 1. The van der Waals surface area contributed by atoms with Crippen molar-refractivity contribution in [2.45, 2.75) is 31.2 Å². The summed E-state index contributed by atoms with van der Waals surface area (Å²) in [6.07, 6.45) is -5.16. The molecule has 3 nitrogen and oxygen atoms in total. The molecule has 0 aliphatic carbocycles. The number of aliphatic hydroxyl groups is 1. The second-order valence-electron chi connectivity index (χ2n) is 4.55. The van der Waals surface area contributed by atoms with Crippen LogP contribution in [0.5, 0.6) is 0 Å². The number of para-hydroxylation sites is 1. The largest absolute Gasteiger partial charge is 0.454 e. The highest BCUT2D eigenvalue weighted by Gasteiger charge is 2.60. The first-order valence-electron chi connectivity index (χ1n) is 5.95. The Morgan fingerprint density at radius 1 is 1.35 bits per heavy atom. The van der Waals surface area contributed by atoms with Crippen LogP contribution in [0, 0.1) is 5.82 Å². The number of rotatable bonds is 3. The van der Waals surface area contributed by atoms with E-state index in [1.54, 1.807) is 0 Å². The average Bonchev–Trinajstić information content (AvgIpc) is 2.81. The van der Waals surface area contributed by atoms with Crippen LogP contribution in [-0.4, -0.2) is 17.3 Å². The van der Waals surface area contributed by atoms with Crippen molar-refractivity contribution >= 4 is 11.0 Å². The third kappa shape index (κ3) is 2.06. The lowest BCUT2D eigenvalue weighted by atomic mass is 9.89. The molecule has 2 atom stereocenters. The predicted molar refractivity (Wildman–Crippen MR) is 64.4 cm³/mol. The van der Waals surface area contributed by atoms with Crippen molar-refractivity contribution in [3.8, 4) is 0 Å². The Labute approximate surface area is 112 Å². The summed E-state index contributed by atoms with van der Waals surface area (Å²) in [6, 6.07) is 3.12. The Hall–Kier alpha value is -1.60. The van der Waals surface area contributed by atoms with Gasteiger partial charge in [0.2, 0.25) is 5.60 Å². The molecule has 0 fully saturated rings. The van der Waals surface area contributed by atoms with Crippen LogP contribution in [0.2, 0.25) is 0 Å². The Bertz CT molecular complexity index is 622. The Morgan fingerprint density at radius 2 is 2.00 bits per heavy atom. The number of fused-ring (bicyclic) bond motifs is 1. The Kier molecular flexibility index (Phi) is 3.51. The van der Waals surface area contributed by atoms with E-state index in [4.69, 9.17) is 10.2 Å². The lowest BCUT2D eigenvalue weighted by Crippen LogP contribution is -2.55. The van der Waals surface area contributed by atoms with E-state index < -0.39 is 29.4 Å². The van der Waals surface area contributed by atoms with Crippen LogP contribution in [0.4, 0.5) is 17.6 Å². The average molecular weight is 291 g/mol. The van der Waals surface area contributed by atoms with Gasteiger partial charge in [-0.1, -0.05) is 19.1 Å². The fourth-order valence-corrected chi connectivity index (χ4v) is 2.04. The fourth-order valence-electron chi connectivity index (χ4n) is 2.04. The second kappa shape index (κ2) is 4.75. The molecule has 0 aliphatic rings. The Balaban J connectivity index is 2.66. The van der Waals surface area contributed by atoms with Crippen LogP contribution in [0.1, 0.15) is 19.1 Å². The van der Waals surface area contributed by atoms with Crippen molar-refractivity contribution in [3.05, 3.63) is 35.8 Å². The molecule has 1 aromatic heterocycles. The topological polar surface area (TPSA) is 59.4 Å². The van der Waals surface area contributed by atoms with Crippen LogP contribution in [0.3, 0.4) is 0 Å². The summed E-state index contributed by atoms with van der Waals surface area (Å²) in [5.41, 5.74) is 1.71. The summed E-state index contributed by atoms with van der Waals surface area (Å²) in [5, 5.41) is 10.1. The summed E-state index contributed by atoms with van der Waals surface area (Å²) in [4.78, 5) is 0. The molecule has 2 rings (SSSR count). The zero-order valence-electron chi connectivity index (χ0n) is 10.5. The number of hydrogen-bond acceptors (Lipinski definition) is 3. The maximum atomic E-state index is 13.5. The molecule has 0 aliphatic heterocycles. The van der Waals surface area contributed by atoms with Gasteiger partial charge in [-0.25, -0.2) is 4.39 Å². The zero-order chi connectivity index (χ0) is 15.1. The monoisotopic (exact) mass is 291 g/mol. The van der Waals surface area contributed by atoms with Gasteiger partial charge in [0.15, 0.2) is 11.4 Å². The highest BCUT2D eigenvalue weighted by atomic mass is 19.4. The molecule has 0 radical (unpaired) electrons. The fraction of sp³-hybridized carbons (Fsp3) is 0.385. The molecule has 110 valence electrons. The maximum Gasteiger partial charge on any atom is 0.426 e. The van der Waals surface area contributed by atoms with Gasteiger partial charge in [-0.2, -0.15) is 13.2 Å². The molecule has 2 aromatic rings.